The molecule has 1 aromatic carbocycles. The fourth-order valence-corrected chi connectivity index (χ4v) is 2.01. The van der Waals surface area contributed by atoms with Gasteiger partial charge in [-0.2, -0.15) is 0 Å². The summed E-state index contributed by atoms with van der Waals surface area (Å²) in [5, 5.41) is 14.9. The van der Waals surface area contributed by atoms with Gasteiger partial charge in [0.1, 0.15) is 11.6 Å². The molecule has 0 radical (unpaired) electrons. The van der Waals surface area contributed by atoms with Gasteiger partial charge in [-0.15, -0.1) is 0 Å². The Balaban J connectivity index is 2.42. The third-order valence-corrected chi connectivity index (χ3v) is 3.13. The lowest BCUT2D eigenvalue weighted by Crippen LogP contribution is -2.49. The molecule has 0 aliphatic carbocycles. The number of nitrogens with one attached hydrogen (secondary N) is 2. The quantitative estimate of drug-likeness (QED) is 0.695. The molecule has 1 fully saturated rings. The summed E-state index contributed by atoms with van der Waals surface area (Å²) in [5.74, 6) is -0.543. The first kappa shape index (κ1) is 12.3. The topological polar surface area (TPSA) is 78.4 Å². The van der Waals surface area contributed by atoms with E-state index < -0.39 is 23.6 Å². The van der Waals surface area contributed by atoms with Crippen LogP contribution in [-0.4, -0.2) is 22.6 Å². The number of benzene rings is 1. The molecule has 3 amide bonds. The highest BCUT2D eigenvalue weighted by molar-refractivity contribution is 6.07. The summed E-state index contributed by atoms with van der Waals surface area (Å²) in [6.07, 6.45) is 0.453. The SMILES string of the molecule is C=Cc1ccccc1C(O)C1(C)NC(=O)NC1=O. The summed E-state index contributed by atoms with van der Waals surface area (Å²) >= 11 is 0. The molecule has 3 N–H and O–H groups in total. The van der Waals surface area contributed by atoms with Crippen LogP contribution < -0.4 is 10.6 Å². The second-order valence-electron chi connectivity index (χ2n) is 4.35. The van der Waals surface area contributed by atoms with Crippen molar-refractivity contribution in [2.75, 3.05) is 0 Å². The fraction of sp³-hybridized carbons (Fsp3) is 0.231. The highest BCUT2D eigenvalue weighted by Crippen LogP contribution is 2.30. The Morgan fingerprint density at radius 3 is 2.61 bits per heavy atom. The molecule has 94 valence electrons. The minimum atomic E-state index is -1.36. The molecular weight excluding hydrogens is 232 g/mol. The maximum absolute atomic E-state index is 11.7. The van der Waals surface area contributed by atoms with E-state index in [1.807, 2.05) is 6.07 Å². The van der Waals surface area contributed by atoms with E-state index in [0.717, 1.165) is 5.56 Å². The molecule has 1 aliphatic rings. The number of rotatable bonds is 3. The van der Waals surface area contributed by atoms with Gasteiger partial charge in [-0.3, -0.25) is 10.1 Å². The molecule has 0 spiro atoms. The van der Waals surface area contributed by atoms with E-state index in [0.29, 0.717) is 5.56 Å². The van der Waals surface area contributed by atoms with Gasteiger partial charge in [0.05, 0.1) is 0 Å². The van der Waals surface area contributed by atoms with Crippen LogP contribution in [0.15, 0.2) is 30.8 Å². The average molecular weight is 246 g/mol. The zero-order valence-corrected chi connectivity index (χ0v) is 9.93. The summed E-state index contributed by atoms with van der Waals surface area (Å²) in [7, 11) is 0. The molecule has 1 heterocycles. The molecule has 1 saturated heterocycles. The molecule has 2 atom stereocenters. The van der Waals surface area contributed by atoms with Gasteiger partial charge < -0.3 is 10.4 Å². The van der Waals surface area contributed by atoms with Crippen molar-refractivity contribution in [2.45, 2.75) is 18.6 Å². The number of imide groups is 1. The molecular formula is C13H14N2O3. The largest absolute Gasteiger partial charge is 0.385 e. The fourth-order valence-electron chi connectivity index (χ4n) is 2.01. The first-order valence-electron chi connectivity index (χ1n) is 5.52. The smallest absolute Gasteiger partial charge is 0.322 e. The van der Waals surface area contributed by atoms with Gasteiger partial charge in [0.2, 0.25) is 0 Å². The number of aliphatic hydroxyl groups excluding tert-OH is 1. The van der Waals surface area contributed by atoms with Crippen LogP contribution in [0, 0.1) is 0 Å². The molecule has 0 bridgehead atoms. The van der Waals surface area contributed by atoms with E-state index in [4.69, 9.17) is 0 Å². The van der Waals surface area contributed by atoms with Crippen LogP contribution in [0.25, 0.3) is 6.08 Å². The van der Waals surface area contributed by atoms with Crippen LogP contribution in [0.2, 0.25) is 0 Å². The second-order valence-corrected chi connectivity index (χ2v) is 4.35. The van der Waals surface area contributed by atoms with Crippen LogP contribution in [0.4, 0.5) is 4.79 Å². The predicted molar refractivity (Wildman–Crippen MR) is 66.6 cm³/mol. The van der Waals surface area contributed by atoms with Gasteiger partial charge in [-0.05, 0) is 18.1 Å². The Morgan fingerprint density at radius 1 is 1.39 bits per heavy atom. The van der Waals surface area contributed by atoms with E-state index in [1.165, 1.54) is 6.92 Å². The number of carbonyl (C=O) groups is 2. The van der Waals surface area contributed by atoms with Gasteiger partial charge in [0.15, 0.2) is 0 Å². The Kier molecular flexibility index (Phi) is 2.92. The van der Waals surface area contributed by atoms with Crippen LogP contribution in [0.5, 0.6) is 0 Å². The van der Waals surface area contributed by atoms with Crippen molar-refractivity contribution in [1.82, 2.24) is 10.6 Å². The minimum Gasteiger partial charge on any atom is -0.385 e. The summed E-state index contributed by atoms with van der Waals surface area (Å²) in [6, 6.07) is 6.44. The molecule has 5 nitrogen and oxygen atoms in total. The van der Waals surface area contributed by atoms with Gasteiger partial charge in [-0.25, -0.2) is 4.79 Å². The van der Waals surface area contributed by atoms with Crippen molar-refractivity contribution >= 4 is 18.0 Å². The second kappa shape index (κ2) is 4.27. The maximum Gasteiger partial charge on any atom is 0.322 e. The molecule has 2 unspecified atom stereocenters. The van der Waals surface area contributed by atoms with Crippen molar-refractivity contribution < 1.29 is 14.7 Å². The average Bonchev–Trinajstić information content (AvgIpc) is 2.63. The molecule has 2 rings (SSSR count). The number of urea groups is 1. The lowest BCUT2D eigenvalue weighted by Gasteiger charge is -2.28. The molecule has 5 heteroatoms. The Bertz CT molecular complexity index is 527. The monoisotopic (exact) mass is 246 g/mol. The summed E-state index contributed by atoms with van der Waals surface area (Å²) in [4.78, 5) is 22.9. The Morgan fingerprint density at radius 2 is 2.06 bits per heavy atom. The van der Waals surface area contributed by atoms with Crippen LogP contribution in [0.3, 0.4) is 0 Å². The zero-order chi connectivity index (χ0) is 13.3. The zero-order valence-electron chi connectivity index (χ0n) is 9.93. The van der Waals surface area contributed by atoms with Gasteiger partial charge >= 0.3 is 6.03 Å². The van der Waals surface area contributed by atoms with Gasteiger partial charge in [-0.1, -0.05) is 36.9 Å². The highest BCUT2D eigenvalue weighted by Gasteiger charge is 2.48. The molecule has 1 aliphatic heterocycles. The maximum atomic E-state index is 11.7. The first-order chi connectivity index (χ1) is 8.49. The molecule has 0 aromatic heterocycles. The third kappa shape index (κ3) is 1.78. The third-order valence-electron chi connectivity index (χ3n) is 3.13. The van der Waals surface area contributed by atoms with E-state index in [-0.39, 0.29) is 0 Å². The molecule has 18 heavy (non-hydrogen) atoms. The Labute approximate surface area is 105 Å². The summed E-state index contributed by atoms with van der Waals surface area (Å²) in [5.41, 5.74) is -0.0940. The first-order valence-corrected chi connectivity index (χ1v) is 5.52. The van der Waals surface area contributed by atoms with Crippen molar-refractivity contribution in [2.24, 2.45) is 0 Å². The van der Waals surface area contributed by atoms with Crippen molar-refractivity contribution in [3.05, 3.63) is 42.0 Å². The summed E-state index contributed by atoms with van der Waals surface area (Å²) < 4.78 is 0. The molecule has 1 aromatic rings. The van der Waals surface area contributed by atoms with E-state index in [2.05, 4.69) is 17.2 Å². The number of amides is 3. The van der Waals surface area contributed by atoms with Crippen molar-refractivity contribution in [3.63, 3.8) is 0 Å². The Hall–Kier alpha value is -2.14. The lowest BCUT2D eigenvalue weighted by atomic mass is 9.87. The van der Waals surface area contributed by atoms with E-state index in [1.54, 1.807) is 24.3 Å². The van der Waals surface area contributed by atoms with Crippen LogP contribution in [0.1, 0.15) is 24.2 Å². The number of aliphatic hydroxyl groups is 1. The number of hydrogen-bond donors (Lipinski definition) is 3. The summed E-state index contributed by atoms with van der Waals surface area (Å²) in [6.45, 7) is 5.14. The standard InChI is InChI=1S/C13H14N2O3/c1-3-8-6-4-5-7-9(8)10(16)13(2)11(17)14-12(18)15-13/h3-7,10,16H,1H2,2H3,(H2,14,15,17,18). The number of carbonyl (C=O) groups excluding carboxylic acids is 2. The van der Waals surface area contributed by atoms with Gasteiger partial charge in [0.25, 0.3) is 5.91 Å². The van der Waals surface area contributed by atoms with Crippen LogP contribution >= 0.6 is 0 Å². The van der Waals surface area contributed by atoms with E-state index >= 15 is 0 Å². The van der Waals surface area contributed by atoms with E-state index in [9.17, 15) is 14.7 Å². The normalized spacial score (nSPS) is 24.3. The van der Waals surface area contributed by atoms with Crippen molar-refractivity contribution in [3.8, 4) is 0 Å². The predicted octanol–water partition coefficient (Wildman–Crippen LogP) is 0.961. The lowest BCUT2D eigenvalue weighted by molar-refractivity contribution is -0.127. The van der Waals surface area contributed by atoms with Crippen molar-refractivity contribution in [1.29, 1.82) is 0 Å². The minimum absolute atomic E-state index is 0.543. The highest BCUT2D eigenvalue weighted by atomic mass is 16.3. The van der Waals surface area contributed by atoms with Crippen LogP contribution in [-0.2, 0) is 4.79 Å². The molecule has 0 saturated carbocycles. The van der Waals surface area contributed by atoms with Gasteiger partial charge in [0, 0.05) is 0 Å². The number of hydrogen-bond acceptors (Lipinski definition) is 3.